The van der Waals surface area contributed by atoms with E-state index in [0.29, 0.717) is 13.0 Å². The van der Waals surface area contributed by atoms with Crippen molar-refractivity contribution in [2.45, 2.75) is 12.5 Å². The summed E-state index contributed by atoms with van der Waals surface area (Å²) in [5.41, 5.74) is 2.17. The van der Waals surface area contributed by atoms with Crippen molar-refractivity contribution in [1.29, 1.82) is 0 Å². The number of benzene rings is 2. The minimum absolute atomic E-state index is 0.0304. The van der Waals surface area contributed by atoms with Crippen LogP contribution in [0.4, 0.5) is 0 Å². The van der Waals surface area contributed by atoms with E-state index in [1.54, 1.807) is 14.2 Å². The van der Waals surface area contributed by atoms with E-state index in [1.807, 2.05) is 36.4 Å². The smallest absolute Gasteiger partial charge is 0.224 e. The van der Waals surface area contributed by atoms with Gasteiger partial charge in [-0.15, -0.1) is 0 Å². The van der Waals surface area contributed by atoms with Crippen molar-refractivity contribution in [3.8, 4) is 11.5 Å². The molecule has 6 nitrogen and oxygen atoms in total. The molecule has 0 aliphatic carbocycles. The molecule has 0 spiro atoms. The number of ether oxygens (including phenoxy) is 2. The molecule has 1 saturated heterocycles. The first-order valence-corrected chi connectivity index (χ1v) is 10.0. The van der Waals surface area contributed by atoms with Crippen molar-refractivity contribution in [3.63, 3.8) is 0 Å². The second kappa shape index (κ2) is 10.3. The number of nitrogens with zero attached hydrogens (tertiary/aromatic N) is 2. The van der Waals surface area contributed by atoms with Crippen LogP contribution in [-0.4, -0.2) is 69.7 Å². The van der Waals surface area contributed by atoms with Crippen LogP contribution in [0.2, 0.25) is 0 Å². The van der Waals surface area contributed by atoms with Gasteiger partial charge in [0.05, 0.1) is 26.7 Å². The van der Waals surface area contributed by atoms with E-state index in [2.05, 4.69) is 34.3 Å². The van der Waals surface area contributed by atoms with Crippen LogP contribution in [0.3, 0.4) is 0 Å². The van der Waals surface area contributed by atoms with E-state index in [1.165, 1.54) is 5.56 Å². The van der Waals surface area contributed by atoms with E-state index in [0.717, 1.165) is 43.2 Å². The summed E-state index contributed by atoms with van der Waals surface area (Å²) in [7, 11) is 5.46. The van der Waals surface area contributed by atoms with Crippen LogP contribution in [0, 0.1) is 0 Å². The van der Waals surface area contributed by atoms with Gasteiger partial charge < -0.3 is 19.7 Å². The highest BCUT2D eigenvalue weighted by Crippen LogP contribution is 2.24. The number of hydrogen-bond acceptors (Lipinski definition) is 5. The molecule has 1 heterocycles. The van der Waals surface area contributed by atoms with Crippen molar-refractivity contribution in [2.24, 2.45) is 0 Å². The van der Waals surface area contributed by atoms with Crippen molar-refractivity contribution in [3.05, 3.63) is 59.7 Å². The summed E-state index contributed by atoms with van der Waals surface area (Å²) < 4.78 is 10.5. The molecule has 3 rings (SSSR count). The number of methoxy groups -OCH3 is 2. The number of rotatable bonds is 8. The molecule has 1 amide bonds. The molecule has 1 fully saturated rings. The zero-order valence-corrected chi connectivity index (χ0v) is 17.6. The van der Waals surface area contributed by atoms with Gasteiger partial charge in [0.1, 0.15) is 11.5 Å². The zero-order valence-electron chi connectivity index (χ0n) is 17.6. The van der Waals surface area contributed by atoms with Gasteiger partial charge >= 0.3 is 0 Å². The molecule has 1 N–H and O–H groups in total. The van der Waals surface area contributed by atoms with Gasteiger partial charge in [-0.3, -0.25) is 9.69 Å². The van der Waals surface area contributed by atoms with Crippen LogP contribution in [0.1, 0.15) is 17.2 Å². The van der Waals surface area contributed by atoms with Crippen molar-refractivity contribution < 1.29 is 14.3 Å². The molecule has 0 saturated carbocycles. The van der Waals surface area contributed by atoms with Crippen molar-refractivity contribution >= 4 is 5.91 Å². The Balaban J connectivity index is 1.64. The number of likely N-dealkylation sites (N-methyl/N-ethyl adjacent to an activating group) is 1. The summed E-state index contributed by atoms with van der Waals surface area (Å²) in [6, 6.07) is 15.9. The largest absolute Gasteiger partial charge is 0.497 e. The Hall–Kier alpha value is -2.57. The van der Waals surface area contributed by atoms with Gasteiger partial charge in [-0.2, -0.15) is 0 Å². The normalized spacial score (nSPS) is 16.2. The molecule has 0 bridgehead atoms. The summed E-state index contributed by atoms with van der Waals surface area (Å²) >= 11 is 0. The number of piperazine rings is 1. The summed E-state index contributed by atoms with van der Waals surface area (Å²) in [4.78, 5) is 17.3. The lowest BCUT2D eigenvalue weighted by Crippen LogP contribution is -2.48. The Morgan fingerprint density at radius 3 is 2.03 bits per heavy atom. The van der Waals surface area contributed by atoms with Crippen LogP contribution < -0.4 is 14.8 Å². The van der Waals surface area contributed by atoms with Gasteiger partial charge in [0.15, 0.2) is 0 Å². The number of hydrogen-bond donors (Lipinski definition) is 1. The molecule has 29 heavy (non-hydrogen) atoms. The minimum Gasteiger partial charge on any atom is -0.497 e. The van der Waals surface area contributed by atoms with Crippen LogP contribution in [-0.2, 0) is 11.2 Å². The average Bonchev–Trinajstić information content (AvgIpc) is 2.76. The van der Waals surface area contributed by atoms with Crippen LogP contribution in [0.5, 0.6) is 11.5 Å². The second-order valence-electron chi connectivity index (χ2n) is 7.46. The maximum absolute atomic E-state index is 12.5. The highest BCUT2D eigenvalue weighted by atomic mass is 16.5. The third-order valence-corrected chi connectivity index (χ3v) is 5.50. The Bertz CT molecular complexity index is 769. The molecule has 0 radical (unpaired) electrons. The van der Waals surface area contributed by atoms with Crippen molar-refractivity contribution in [1.82, 2.24) is 15.1 Å². The van der Waals surface area contributed by atoms with Gasteiger partial charge in [0.2, 0.25) is 5.91 Å². The number of nitrogens with one attached hydrogen (secondary N) is 1. The molecule has 156 valence electrons. The molecule has 0 aromatic heterocycles. The zero-order chi connectivity index (χ0) is 20.6. The third kappa shape index (κ3) is 5.95. The summed E-state index contributed by atoms with van der Waals surface area (Å²) in [6.45, 7) is 4.63. The van der Waals surface area contributed by atoms with Gasteiger partial charge in [-0.05, 0) is 42.4 Å². The minimum atomic E-state index is 0.0304. The highest BCUT2D eigenvalue weighted by Gasteiger charge is 2.24. The fraction of sp³-hybridized carbons (Fsp3) is 0.435. The summed E-state index contributed by atoms with van der Waals surface area (Å²) in [5.74, 6) is 1.67. The molecule has 2 aromatic rings. The molecule has 2 aromatic carbocycles. The molecule has 1 aliphatic rings. The Kier molecular flexibility index (Phi) is 7.49. The lowest BCUT2D eigenvalue weighted by atomic mass is 10.0. The summed E-state index contributed by atoms with van der Waals surface area (Å²) in [6.07, 6.45) is 0.363. The first-order chi connectivity index (χ1) is 14.1. The van der Waals surface area contributed by atoms with Gasteiger partial charge in [-0.1, -0.05) is 24.3 Å². The Morgan fingerprint density at radius 1 is 0.931 bits per heavy atom. The standard InChI is InChI=1S/C23H31N3O3/c1-25-12-14-26(15-13-25)22(19-6-10-21(29-3)11-7-19)17-24-23(27)16-18-4-8-20(28-2)9-5-18/h4-11,22H,12-17H2,1-3H3,(H,24,27). The fourth-order valence-corrected chi connectivity index (χ4v) is 3.62. The lowest BCUT2D eigenvalue weighted by molar-refractivity contribution is -0.120. The Morgan fingerprint density at radius 2 is 1.48 bits per heavy atom. The predicted molar refractivity (Wildman–Crippen MR) is 115 cm³/mol. The second-order valence-corrected chi connectivity index (χ2v) is 7.46. The molecular weight excluding hydrogens is 366 g/mol. The fourth-order valence-electron chi connectivity index (χ4n) is 3.62. The van der Waals surface area contributed by atoms with Crippen LogP contribution >= 0.6 is 0 Å². The first kappa shape index (κ1) is 21.1. The van der Waals surface area contributed by atoms with E-state index in [4.69, 9.17) is 9.47 Å². The monoisotopic (exact) mass is 397 g/mol. The molecule has 1 unspecified atom stereocenters. The van der Waals surface area contributed by atoms with E-state index >= 15 is 0 Å². The predicted octanol–water partition coefficient (Wildman–Crippen LogP) is 2.35. The molecule has 1 atom stereocenters. The Labute approximate surface area is 173 Å². The number of carbonyl (C=O) groups excluding carboxylic acids is 1. The van der Waals surface area contributed by atoms with E-state index in [9.17, 15) is 4.79 Å². The van der Waals surface area contributed by atoms with Gasteiger partial charge in [0, 0.05) is 32.7 Å². The molecule has 6 heteroatoms. The van der Waals surface area contributed by atoms with E-state index in [-0.39, 0.29) is 11.9 Å². The summed E-state index contributed by atoms with van der Waals surface area (Å²) in [5, 5.41) is 3.14. The molecule has 1 aliphatic heterocycles. The van der Waals surface area contributed by atoms with Crippen molar-refractivity contribution in [2.75, 3.05) is 54.0 Å². The average molecular weight is 398 g/mol. The van der Waals surface area contributed by atoms with Crippen LogP contribution in [0.25, 0.3) is 0 Å². The SMILES string of the molecule is COc1ccc(CC(=O)NCC(c2ccc(OC)cc2)N2CCN(C)CC2)cc1. The van der Waals surface area contributed by atoms with Gasteiger partial charge in [-0.25, -0.2) is 0 Å². The van der Waals surface area contributed by atoms with E-state index < -0.39 is 0 Å². The quantitative estimate of drug-likeness (QED) is 0.741. The first-order valence-electron chi connectivity index (χ1n) is 10.0. The maximum atomic E-state index is 12.5. The highest BCUT2D eigenvalue weighted by molar-refractivity contribution is 5.78. The lowest BCUT2D eigenvalue weighted by Gasteiger charge is -2.38. The topological polar surface area (TPSA) is 54.0 Å². The van der Waals surface area contributed by atoms with Gasteiger partial charge in [0.25, 0.3) is 0 Å². The molecular formula is C23H31N3O3. The number of amides is 1. The van der Waals surface area contributed by atoms with Crippen LogP contribution in [0.15, 0.2) is 48.5 Å². The maximum Gasteiger partial charge on any atom is 0.224 e. The third-order valence-electron chi connectivity index (χ3n) is 5.50. The number of carbonyl (C=O) groups is 1.